The number of rotatable bonds is 4. The van der Waals surface area contributed by atoms with Crippen LogP contribution in [0.4, 0.5) is 0 Å². The van der Waals surface area contributed by atoms with E-state index in [1.807, 2.05) is 43.8 Å². The van der Waals surface area contributed by atoms with E-state index >= 15 is 0 Å². The average molecular weight is 263 g/mol. The van der Waals surface area contributed by atoms with E-state index in [0.29, 0.717) is 6.54 Å². The second-order valence-electron chi connectivity index (χ2n) is 4.45. The Hall–Kier alpha value is -1.62. The van der Waals surface area contributed by atoms with E-state index in [-0.39, 0.29) is 11.9 Å². The van der Waals surface area contributed by atoms with Crippen molar-refractivity contribution in [2.24, 2.45) is 0 Å². The molecule has 0 saturated heterocycles. The number of nitrogens with zero attached hydrogens (tertiary/aromatic N) is 2. The first kappa shape index (κ1) is 12.8. The van der Waals surface area contributed by atoms with E-state index in [2.05, 4.69) is 10.4 Å². The van der Waals surface area contributed by atoms with Gasteiger partial charge < -0.3 is 5.32 Å². The molecular formula is C13H17N3OS. The molecular weight excluding hydrogens is 246 g/mol. The van der Waals surface area contributed by atoms with Gasteiger partial charge in [-0.3, -0.25) is 9.48 Å². The van der Waals surface area contributed by atoms with Gasteiger partial charge in [0.2, 0.25) is 0 Å². The van der Waals surface area contributed by atoms with Crippen molar-refractivity contribution in [3.8, 4) is 0 Å². The van der Waals surface area contributed by atoms with Crippen LogP contribution in [0.2, 0.25) is 0 Å². The van der Waals surface area contributed by atoms with Crippen molar-refractivity contribution in [2.75, 3.05) is 0 Å². The smallest absolute Gasteiger partial charge is 0.261 e. The molecule has 96 valence electrons. The number of aryl methyl sites for hydroxylation is 2. The molecule has 1 amide bonds. The zero-order valence-electron chi connectivity index (χ0n) is 10.8. The van der Waals surface area contributed by atoms with Crippen LogP contribution >= 0.6 is 11.3 Å². The predicted molar refractivity (Wildman–Crippen MR) is 72.9 cm³/mol. The number of aromatic nitrogens is 2. The molecule has 0 saturated carbocycles. The lowest BCUT2D eigenvalue weighted by atomic mass is 10.2. The molecule has 0 aliphatic heterocycles. The first-order valence-corrected chi connectivity index (χ1v) is 6.73. The molecule has 0 aliphatic carbocycles. The summed E-state index contributed by atoms with van der Waals surface area (Å²) >= 11 is 1.54. The second-order valence-corrected chi connectivity index (χ2v) is 5.71. The molecule has 0 radical (unpaired) electrons. The van der Waals surface area contributed by atoms with Gasteiger partial charge in [-0.25, -0.2) is 0 Å². The Morgan fingerprint density at radius 2 is 2.33 bits per heavy atom. The molecule has 0 bridgehead atoms. The van der Waals surface area contributed by atoms with Crippen LogP contribution in [0.5, 0.6) is 0 Å². The third kappa shape index (κ3) is 2.98. The number of amides is 1. The first-order chi connectivity index (χ1) is 8.56. The number of hydrogen-bond acceptors (Lipinski definition) is 3. The fraction of sp³-hybridized carbons (Fsp3) is 0.385. The maximum atomic E-state index is 12.0. The lowest BCUT2D eigenvalue weighted by molar-refractivity contribution is 0.0940. The van der Waals surface area contributed by atoms with Crippen molar-refractivity contribution in [3.05, 3.63) is 39.8 Å². The molecule has 5 heteroatoms. The topological polar surface area (TPSA) is 46.9 Å². The van der Waals surface area contributed by atoms with Crippen LogP contribution in [0.3, 0.4) is 0 Å². The van der Waals surface area contributed by atoms with Gasteiger partial charge in [0.05, 0.1) is 11.4 Å². The van der Waals surface area contributed by atoms with E-state index in [4.69, 9.17) is 0 Å². The summed E-state index contributed by atoms with van der Waals surface area (Å²) in [5.41, 5.74) is 1.17. The summed E-state index contributed by atoms with van der Waals surface area (Å²) in [6.45, 7) is 6.72. The van der Waals surface area contributed by atoms with Crippen LogP contribution in [-0.4, -0.2) is 21.7 Å². The number of thiophene rings is 1. The molecule has 18 heavy (non-hydrogen) atoms. The van der Waals surface area contributed by atoms with Gasteiger partial charge in [0.15, 0.2) is 0 Å². The lowest BCUT2D eigenvalue weighted by Gasteiger charge is -2.13. The Morgan fingerprint density at radius 3 is 2.89 bits per heavy atom. The van der Waals surface area contributed by atoms with Gasteiger partial charge in [-0.05, 0) is 38.5 Å². The normalized spacial score (nSPS) is 12.4. The van der Waals surface area contributed by atoms with E-state index in [1.54, 1.807) is 6.20 Å². The van der Waals surface area contributed by atoms with Gasteiger partial charge in [-0.2, -0.15) is 5.10 Å². The highest BCUT2D eigenvalue weighted by molar-refractivity contribution is 7.14. The molecule has 1 atom stereocenters. The highest BCUT2D eigenvalue weighted by Crippen LogP contribution is 2.20. The molecule has 0 aromatic carbocycles. The third-order valence-electron chi connectivity index (χ3n) is 2.79. The van der Waals surface area contributed by atoms with Gasteiger partial charge in [0.1, 0.15) is 0 Å². The summed E-state index contributed by atoms with van der Waals surface area (Å²) in [6.07, 6.45) is 3.63. The van der Waals surface area contributed by atoms with E-state index in [9.17, 15) is 4.79 Å². The second kappa shape index (κ2) is 5.35. The first-order valence-electron chi connectivity index (χ1n) is 5.91. The van der Waals surface area contributed by atoms with Gasteiger partial charge in [-0.15, -0.1) is 11.3 Å². The molecule has 0 fully saturated rings. The number of carbonyl (C=O) groups excluding carboxylic acids is 1. The minimum Gasteiger partial charge on any atom is -0.347 e. The van der Waals surface area contributed by atoms with Crippen molar-refractivity contribution >= 4 is 17.2 Å². The summed E-state index contributed by atoms with van der Waals surface area (Å²) in [6, 6.07) is 3.87. The van der Waals surface area contributed by atoms with E-state index in [1.165, 1.54) is 21.8 Å². The SMILES string of the molecule is Cc1cc(C(=O)N[C@H](C)Cn2cccn2)sc1C. The third-order valence-corrected chi connectivity index (χ3v) is 3.94. The van der Waals surface area contributed by atoms with Gasteiger partial charge in [0.25, 0.3) is 5.91 Å². The number of carbonyl (C=O) groups is 1. The van der Waals surface area contributed by atoms with Gasteiger partial charge in [-0.1, -0.05) is 0 Å². The van der Waals surface area contributed by atoms with Crippen molar-refractivity contribution in [1.82, 2.24) is 15.1 Å². The Balaban J connectivity index is 1.94. The van der Waals surface area contributed by atoms with Crippen molar-refractivity contribution < 1.29 is 4.79 Å². The van der Waals surface area contributed by atoms with Crippen LogP contribution in [-0.2, 0) is 6.54 Å². The van der Waals surface area contributed by atoms with Crippen molar-refractivity contribution in [2.45, 2.75) is 33.4 Å². The molecule has 0 aliphatic rings. The van der Waals surface area contributed by atoms with Crippen LogP contribution < -0.4 is 5.32 Å². The fourth-order valence-electron chi connectivity index (χ4n) is 1.71. The van der Waals surface area contributed by atoms with Gasteiger partial charge >= 0.3 is 0 Å². The summed E-state index contributed by atoms with van der Waals surface area (Å²) in [7, 11) is 0. The summed E-state index contributed by atoms with van der Waals surface area (Å²) in [4.78, 5) is 14.0. The Bertz CT molecular complexity index is 511. The highest BCUT2D eigenvalue weighted by Gasteiger charge is 2.13. The molecule has 2 heterocycles. The van der Waals surface area contributed by atoms with E-state index in [0.717, 1.165) is 4.88 Å². The number of nitrogens with one attached hydrogen (secondary N) is 1. The van der Waals surface area contributed by atoms with Crippen LogP contribution in [0, 0.1) is 13.8 Å². The Morgan fingerprint density at radius 1 is 1.56 bits per heavy atom. The molecule has 2 aromatic heterocycles. The maximum absolute atomic E-state index is 12.0. The summed E-state index contributed by atoms with van der Waals surface area (Å²) in [5, 5.41) is 7.11. The number of hydrogen-bond donors (Lipinski definition) is 1. The lowest BCUT2D eigenvalue weighted by Crippen LogP contribution is -2.35. The average Bonchev–Trinajstić information content (AvgIpc) is 2.90. The summed E-state index contributed by atoms with van der Waals surface area (Å²) < 4.78 is 1.82. The predicted octanol–water partition coefficient (Wildman–Crippen LogP) is 2.38. The quantitative estimate of drug-likeness (QED) is 0.920. The van der Waals surface area contributed by atoms with Gasteiger partial charge in [0, 0.05) is 23.3 Å². The largest absolute Gasteiger partial charge is 0.347 e. The minimum absolute atomic E-state index is 0.00384. The molecule has 4 nitrogen and oxygen atoms in total. The maximum Gasteiger partial charge on any atom is 0.261 e. The zero-order chi connectivity index (χ0) is 13.1. The summed E-state index contributed by atoms with van der Waals surface area (Å²) in [5.74, 6) is -0.00384. The van der Waals surface area contributed by atoms with Crippen LogP contribution in [0.25, 0.3) is 0 Å². The van der Waals surface area contributed by atoms with Crippen molar-refractivity contribution in [3.63, 3.8) is 0 Å². The van der Waals surface area contributed by atoms with Crippen LogP contribution in [0.15, 0.2) is 24.5 Å². The molecule has 2 rings (SSSR count). The standard InChI is InChI=1S/C13H17N3OS/c1-9-7-12(18-11(9)3)13(17)15-10(2)8-16-6-4-5-14-16/h4-7,10H,8H2,1-3H3,(H,15,17)/t10-/m1/s1. The van der Waals surface area contributed by atoms with Crippen molar-refractivity contribution in [1.29, 1.82) is 0 Å². The fourth-order valence-corrected chi connectivity index (χ4v) is 2.65. The van der Waals surface area contributed by atoms with Crippen LogP contribution in [0.1, 0.15) is 27.0 Å². The molecule has 0 unspecified atom stereocenters. The Kier molecular flexibility index (Phi) is 3.81. The Labute approximate surface area is 111 Å². The molecule has 0 spiro atoms. The molecule has 1 N–H and O–H groups in total. The minimum atomic E-state index is -0.00384. The monoisotopic (exact) mass is 263 g/mol. The van der Waals surface area contributed by atoms with E-state index < -0.39 is 0 Å². The molecule has 2 aromatic rings. The highest BCUT2D eigenvalue weighted by atomic mass is 32.1. The zero-order valence-corrected chi connectivity index (χ0v) is 11.6.